The van der Waals surface area contributed by atoms with Crippen LogP contribution >= 0.6 is 11.3 Å². The molecule has 2 aliphatic heterocycles. The minimum atomic E-state index is -0.849. The molecule has 3 aromatic rings. The van der Waals surface area contributed by atoms with Crippen LogP contribution in [-0.4, -0.2) is 42.3 Å². The second kappa shape index (κ2) is 9.42. The second-order valence-corrected chi connectivity index (χ2v) is 10.6. The molecule has 11 heteroatoms. The normalized spacial score (nSPS) is 17.5. The highest BCUT2D eigenvalue weighted by molar-refractivity contribution is 7.15. The van der Waals surface area contributed by atoms with Crippen molar-refractivity contribution < 1.29 is 33.4 Å². The minimum absolute atomic E-state index is 0.0447. The number of thiophene rings is 1. The number of barbiturate groups is 1. The Kier molecular flexibility index (Phi) is 6.02. The molecule has 200 valence electrons. The number of aryl methyl sites for hydroxylation is 2. The molecule has 0 unspecified atom stereocenters. The fourth-order valence-corrected chi connectivity index (χ4v) is 6.83. The SMILES string of the molecule is COC(=O)c1c(-n2c(C)cc(/C=C3\C(=O)NC(=O)N(c4ccc5c(c4)OCO5)C3=O)c2C)sc2c1CCCC2. The zero-order valence-electron chi connectivity index (χ0n) is 21.6. The van der Waals surface area contributed by atoms with Crippen molar-refractivity contribution in [3.8, 4) is 16.5 Å². The number of carbonyl (C=O) groups is 4. The van der Waals surface area contributed by atoms with E-state index in [-0.39, 0.29) is 24.0 Å². The number of amides is 4. The first-order valence-corrected chi connectivity index (χ1v) is 13.3. The average Bonchev–Trinajstić information content (AvgIpc) is 3.60. The molecule has 10 nitrogen and oxygen atoms in total. The van der Waals surface area contributed by atoms with E-state index in [1.165, 1.54) is 24.1 Å². The van der Waals surface area contributed by atoms with Crippen LogP contribution in [0, 0.1) is 13.8 Å². The summed E-state index contributed by atoms with van der Waals surface area (Å²) in [7, 11) is 1.38. The zero-order chi connectivity index (χ0) is 27.4. The number of urea groups is 1. The summed E-state index contributed by atoms with van der Waals surface area (Å²) >= 11 is 1.58. The first kappa shape index (κ1) is 24.9. The Balaban J connectivity index is 1.41. The Morgan fingerprint density at radius 3 is 2.64 bits per heavy atom. The maximum atomic E-state index is 13.5. The summed E-state index contributed by atoms with van der Waals surface area (Å²) in [6, 6.07) is 5.68. The average molecular weight is 548 g/mol. The number of aromatic nitrogens is 1. The van der Waals surface area contributed by atoms with Crippen LogP contribution in [0.4, 0.5) is 10.5 Å². The molecule has 3 aliphatic rings. The zero-order valence-corrected chi connectivity index (χ0v) is 22.4. The number of carbonyl (C=O) groups excluding carboxylic acids is 4. The number of rotatable bonds is 4. The highest BCUT2D eigenvalue weighted by Crippen LogP contribution is 2.40. The number of nitrogens with zero attached hydrogens (tertiary/aromatic N) is 2. The topological polar surface area (TPSA) is 116 Å². The first-order valence-electron chi connectivity index (χ1n) is 12.5. The molecule has 0 radical (unpaired) electrons. The van der Waals surface area contributed by atoms with Crippen molar-refractivity contribution in [2.24, 2.45) is 0 Å². The molecule has 1 aromatic carbocycles. The monoisotopic (exact) mass is 547 g/mol. The molecule has 2 aromatic heterocycles. The fourth-order valence-electron chi connectivity index (χ4n) is 5.34. The summed E-state index contributed by atoms with van der Waals surface area (Å²) in [6.45, 7) is 3.81. The number of nitrogens with one attached hydrogen (secondary N) is 1. The number of ether oxygens (including phenoxy) is 3. The largest absolute Gasteiger partial charge is 0.465 e. The Labute approximate surface area is 227 Å². The predicted octanol–water partition coefficient (Wildman–Crippen LogP) is 4.22. The number of benzene rings is 1. The quantitative estimate of drug-likeness (QED) is 0.295. The van der Waals surface area contributed by atoms with Crippen LogP contribution in [0.2, 0.25) is 0 Å². The van der Waals surface area contributed by atoms with Crippen LogP contribution in [0.5, 0.6) is 11.5 Å². The molecule has 0 bridgehead atoms. The lowest BCUT2D eigenvalue weighted by molar-refractivity contribution is -0.122. The number of esters is 1. The summed E-state index contributed by atoms with van der Waals surface area (Å²) < 4.78 is 17.8. The van der Waals surface area contributed by atoms with E-state index in [0.717, 1.165) is 52.5 Å². The van der Waals surface area contributed by atoms with Crippen LogP contribution in [0.25, 0.3) is 11.1 Å². The van der Waals surface area contributed by atoms with Crippen molar-refractivity contribution in [2.75, 3.05) is 18.8 Å². The van der Waals surface area contributed by atoms with Gasteiger partial charge < -0.3 is 18.8 Å². The van der Waals surface area contributed by atoms with E-state index in [1.54, 1.807) is 23.5 Å². The third-order valence-corrected chi connectivity index (χ3v) is 8.51. The van der Waals surface area contributed by atoms with Gasteiger partial charge in [0, 0.05) is 22.3 Å². The van der Waals surface area contributed by atoms with Gasteiger partial charge in [0.2, 0.25) is 6.79 Å². The summed E-state index contributed by atoms with van der Waals surface area (Å²) in [5.74, 6) is -1.01. The number of hydrogen-bond acceptors (Lipinski definition) is 8. The molecule has 0 atom stereocenters. The predicted molar refractivity (Wildman–Crippen MR) is 143 cm³/mol. The van der Waals surface area contributed by atoms with Crippen LogP contribution in [-0.2, 0) is 27.2 Å². The summed E-state index contributed by atoms with van der Waals surface area (Å²) in [4.78, 5) is 53.9. The third-order valence-electron chi connectivity index (χ3n) is 7.23. The molecule has 1 fully saturated rings. The fraction of sp³-hybridized carbons (Fsp3) is 0.286. The van der Waals surface area contributed by atoms with Crippen molar-refractivity contribution in [1.82, 2.24) is 9.88 Å². The molecular weight excluding hydrogens is 522 g/mol. The van der Waals surface area contributed by atoms with E-state index in [2.05, 4.69) is 5.32 Å². The smallest absolute Gasteiger partial charge is 0.341 e. The Bertz CT molecular complexity index is 1610. The van der Waals surface area contributed by atoms with Crippen molar-refractivity contribution in [2.45, 2.75) is 39.5 Å². The van der Waals surface area contributed by atoms with Gasteiger partial charge in [-0.05, 0) is 74.9 Å². The molecular formula is C28H25N3O7S. The highest BCUT2D eigenvalue weighted by atomic mass is 32.1. The number of imide groups is 2. The lowest BCUT2D eigenvalue weighted by Crippen LogP contribution is -2.54. The van der Waals surface area contributed by atoms with Crippen LogP contribution < -0.4 is 19.7 Å². The van der Waals surface area contributed by atoms with E-state index in [9.17, 15) is 19.2 Å². The summed E-state index contributed by atoms with van der Waals surface area (Å²) in [6.07, 6.45) is 5.31. The third kappa shape index (κ3) is 4.00. The maximum Gasteiger partial charge on any atom is 0.341 e. The minimum Gasteiger partial charge on any atom is -0.465 e. The van der Waals surface area contributed by atoms with E-state index in [1.807, 2.05) is 24.5 Å². The molecule has 39 heavy (non-hydrogen) atoms. The lowest BCUT2D eigenvalue weighted by Gasteiger charge is -2.26. The van der Waals surface area contributed by atoms with Gasteiger partial charge >= 0.3 is 12.0 Å². The van der Waals surface area contributed by atoms with Gasteiger partial charge in [0.05, 0.1) is 18.4 Å². The van der Waals surface area contributed by atoms with Gasteiger partial charge in [0.25, 0.3) is 11.8 Å². The van der Waals surface area contributed by atoms with Crippen molar-refractivity contribution >= 4 is 46.9 Å². The summed E-state index contributed by atoms with van der Waals surface area (Å²) in [5, 5.41) is 3.02. The Morgan fingerprint density at radius 2 is 1.85 bits per heavy atom. The molecule has 4 amide bonds. The molecule has 1 N–H and O–H groups in total. The Hall–Kier alpha value is -4.38. The number of hydrogen-bond donors (Lipinski definition) is 1. The van der Waals surface area contributed by atoms with E-state index >= 15 is 0 Å². The van der Waals surface area contributed by atoms with Gasteiger partial charge in [0.15, 0.2) is 11.5 Å². The molecule has 0 spiro atoms. The molecule has 1 saturated heterocycles. The van der Waals surface area contributed by atoms with Gasteiger partial charge in [-0.1, -0.05) is 0 Å². The number of methoxy groups -OCH3 is 1. The lowest BCUT2D eigenvalue weighted by atomic mass is 9.95. The molecule has 1 aliphatic carbocycles. The van der Waals surface area contributed by atoms with E-state index in [4.69, 9.17) is 14.2 Å². The van der Waals surface area contributed by atoms with Crippen molar-refractivity contribution in [3.63, 3.8) is 0 Å². The van der Waals surface area contributed by atoms with Gasteiger partial charge in [-0.2, -0.15) is 0 Å². The second-order valence-electron chi connectivity index (χ2n) is 9.54. The maximum absolute atomic E-state index is 13.5. The van der Waals surface area contributed by atoms with Gasteiger partial charge in [0.1, 0.15) is 10.6 Å². The van der Waals surface area contributed by atoms with E-state index < -0.39 is 17.8 Å². The van der Waals surface area contributed by atoms with Crippen molar-refractivity contribution in [1.29, 1.82) is 0 Å². The molecule has 6 rings (SSSR count). The summed E-state index contributed by atoms with van der Waals surface area (Å²) in [5.41, 5.74) is 3.87. The molecule has 0 saturated carbocycles. The highest BCUT2D eigenvalue weighted by Gasteiger charge is 2.38. The van der Waals surface area contributed by atoms with Crippen molar-refractivity contribution in [3.05, 3.63) is 62.8 Å². The van der Waals surface area contributed by atoms with Crippen LogP contribution in [0.15, 0.2) is 29.8 Å². The Morgan fingerprint density at radius 1 is 1.08 bits per heavy atom. The van der Waals surface area contributed by atoms with E-state index in [0.29, 0.717) is 22.6 Å². The van der Waals surface area contributed by atoms with Gasteiger partial charge in [-0.25, -0.2) is 14.5 Å². The van der Waals surface area contributed by atoms with Gasteiger partial charge in [-0.3, -0.25) is 14.9 Å². The number of anilines is 1. The van der Waals surface area contributed by atoms with Crippen LogP contribution in [0.3, 0.4) is 0 Å². The van der Waals surface area contributed by atoms with Gasteiger partial charge in [-0.15, -0.1) is 11.3 Å². The van der Waals surface area contributed by atoms with Crippen LogP contribution in [0.1, 0.15) is 50.6 Å². The number of fused-ring (bicyclic) bond motifs is 2. The molecule has 4 heterocycles. The standard InChI is InChI=1S/C28H25N3O7S/c1-14-10-16(15(2)30(14)26-23(27(34)36-3)18-6-4-5-7-22(18)39-26)11-19-24(32)29-28(35)31(25(19)33)17-8-9-20-21(12-17)38-13-37-20/h8-12H,4-7,13H2,1-3H3,(H,29,32,35)/b19-11+. The first-order chi connectivity index (χ1) is 18.8.